The van der Waals surface area contributed by atoms with Crippen molar-refractivity contribution in [2.45, 2.75) is 25.2 Å². The number of nitrogens with zero attached hydrogens (tertiary/aromatic N) is 2. The van der Waals surface area contributed by atoms with Gasteiger partial charge in [0.1, 0.15) is 18.8 Å². The van der Waals surface area contributed by atoms with Crippen molar-refractivity contribution in [3.05, 3.63) is 47.6 Å². The molecule has 0 spiro atoms. The Balaban J connectivity index is 2.06. The molecule has 0 aliphatic carbocycles. The second kappa shape index (κ2) is 5.82. The van der Waals surface area contributed by atoms with Gasteiger partial charge in [0.15, 0.2) is 5.82 Å². The molecule has 2 N–H and O–H groups in total. The molecule has 8 heteroatoms. The molecule has 0 fully saturated rings. The molecule has 1 atom stereocenters. The number of rotatable bonds is 5. The van der Waals surface area contributed by atoms with Gasteiger partial charge in [0.05, 0.1) is 0 Å². The van der Waals surface area contributed by atoms with Crippen LogP contribution in [0.1, 0.15) is 24.2 Å². The third-order valence-corrected chi connectivity index (χ3v) is 2.78. The van der Waals surface area contributed by atoms with Gasteiger partial charge in [0, 0.05) is 0 Å². The van der Waals surface area contributed by atoms with E-state index in [0.29, 0.717) is 0 Å². The van der Waals surface area contributed by atoms with Crippen LogP contribution in [0, 0.1) is 0 Å². The van der Waals surface area contributed by atoms with Crippen molar-refractivity contribution >= 4 is 0 Å². The fourth-order valence-electron chi connectivity index (χ4n) is 1.69. The highest BCUT2D eigenvalue weighted by molar-refractivity contribution is 5.28. The summed E-state index contributed by atoms with van der Waals surface area (Å²) in [5.74, 6) is 0.126. The predicted octanol–water partition coefficient (Wildman–Crippen LogP) is 2.37. The van der Waals surface area contributed by atoms with Gasteiger partial charge in [0.2, 0.25) is 0 Å². The first-order valence-corrected chi connectivity index (χ1v) is 6.11. The van der Waals surface area contributed by atoms with E-state index in [-0.39, 0.29) is 11.7 Å². The van der Waals surface area contributed by atoms with E-state index in [9.17, 15) is 13.2 Å². The monoisotopic (exact) mass is 301 g/mol. The van der Waals surface area contributed by atoms with Gasteiger partial charge in [-0.3, -0.25) is 0 Å². The summed E-state index contributed by atoms with van der Waals surface area (Å²) in [5.41, 5.74) is 5.87. The van der Waals surface area contributed by atoms with Crippen LogP contribution in [-0.2, 0) is 16.9 Å². The van der Waals surface area contributed by atoms with Crippen molar-refractivity contribution in [3.63, 3.8) is 0 Å². The predicted molar refractivity (Wildman–Crippen MR) is 67.1 cm³/mol. The van der Waals surface area contributed by atoms with E-state index in [1.807, 2.05) is 18.2 Å². The van der Waals surface area contributed by atoms with Crippen LogP contribution >= 0.6 is 0 Å². The SMILES string of the molecule is CC(N)(c1ccccc1)c1nc(COCC(F)(F)F)no1. The topological polar surface area (TPSA) is 74.2 Å². The molecule has 1 unspecified atom stereocenters. The summed E-state index contributed by atoms with van der Waals surface area (Å²) in [6, 6.07) is 9.05. The van der Waals surface area contributed by atoms with Gasteiger partial charge < -0.3 is 15.0 Å². The molecule has 2 rings (SSSR count). The van der Waals surface area contributed by atoms with E-state index in [4.69, 9.17) is 10.3 Å². The molecule has 2 aromatic rings. The number of alkyl halides is 3. The third-order valence-electron chi connectivity index (χ3n) is 2.78. The van der Waals surface area contributed by atoms with Crippen LogP contribution in [0.25, 0.3) is 0 Å². The maximum atomic E-state index is 12.0. The minimum Gasteiger partial charge on any atom is -0.364 e. The molecule has 0 bridgehead atoms. The third kappa shape index (κ3) is 4.02. The van der Waals surface area contributed by atoms with Crippen molar-refractivity contribution < 1.29 is 22.4 Å². The highest BCUT2D eigenvalue weighted by Crippen LogP contribution is 2.25. The van der Waals surface area contributed by atoms with Crippen LogP contribution in [0.2, 0.25) is 0 Å². The van der Waals surface area contributed by atoms with Crippen molar-refractivity contribution in [1.29, 1.82) is 0 Å². The van der Waals surface area contributed by atoms with Gasteiger partial charge in [-0.1, -0.05) is 35.5 Å². The van der Waals surface area contributed by atoms with Crippen LogP contribution in [0.5, 0.6) is 0 Å². The lowest BCUT2D eigenvalue weighted by atomic mass is 9.93. The smallest absolute Gasteiger partial charge is 0.364 e. The first-order valence-electron chi connectivity index (χ1n) is 6.11. The highest BCUT2D eigenvalue weighted by Gasteiger charge is 2.31. The molecule has 114 valence electrons. The van der Waals surface area contributed by atoms with Crippen LogP contribution in [0.4, 0.5) is 13.2 Å². The summed E-state index contributed by atoms with van der Waals surface area (Å²) < 4.78 is 45.4. The lowest BCUT2D eigenvalue weighted by Gasteiger charge is -2.20. The van der Waals surface area contributed by atoms with Gasteiger partial charge in [-0.25, -0.2) is 0 Å². The number of aromatic nitrogens is 2. The van der Waals surface area contributed by atoms with Crippen LogP contribution in [-0.4, -0.2) is 22.9 Å². The lowest BCUT2D eigenvalue weighted by molar-refractivity contribution is -0.177. The number of ether oxygens (including phenoxy) is 1. The molecule has 1 aromatic heterocycles. The molecule has 5 nitrogen and oxygen atoms in total. The van der Waals surface area contributed by atoms with E-state index >= 15 is 0 Å². The van der Waals surface area contributed by atoms with Crippen molar-refractivity contribution in [2.24, 2.45) is 5.73 Å². The molecule has 1 heterocycles. The highest BCUT2D eigenvalue weighted by atomic mass is 19.4. The minimum atomic E-state index is -4.39. The molecule has 0 aliphatic heterocycles. The summed E-state index contributed by atoms with van der Waals surface area (Å²) >= 11 is 0. The second-order valence-corrected chi connectivity index (χ2v) is 4.69. The lowest BCUT2D eigenvalue weighted by Crippen LogP contribution is -2.34. The zero-order valence-corrected chi connectivity index (χ0v) is 11.2. The van der Waals surface area contributed by atoms with Gasteiger partial charge in [-0.2, -0.15) is 18.2 Å². The van der Waals surface area contributed by atoms with Gasteiger partial charge in [-0.05, 0) is 12.5 Å². The summed E-state index contributed by atoms with van der Waals surface area (Å²) in [5, 5.41) is 3.57. The summed E-state index contributed by atoms with van der Waals surface area (Å²) in [4.78, 5) is 3.98. The summed E-state index contributed by atoms with van der Waals surface area (Å²) in [7, 11) is 0. The van der Waals surface area contributed by atoms with Crippen LogP contribution < -0.4 is 5.73 Å². The number of nitrogens with two attached hydrogens (primary N) is 1. The number of hydrogen-bond donors (Lipinski definition) is 1. The zero-order valence-electron chi connectivity index (χ0n) is 11.2. The molecule has 0 radical (unpaired) electrons. The molecule has 0 saturated carbocycles. The Kier molecular flexibility index (Phi) is 4.29. The second-order valence-electron chi connectivity index (χ2n) is 4.69. The van der Waals surface area contributed by atoms with Gasteiger partial charge in [0.25, 0.3) is 5.89 Å². The molecule has 1 aromatic carbocycles. The molecule has 0 aliphatic rings. The molecular weight excluding hydrogens is 287 g/mol. The largest absolute Gasteiger partial charge is 0.411 e. The quantitative estimate of drug-likeness (QED) is 0.917. The van der Waals surface area contributed by atoms with Crippen LogP contribution in [0.3, 0.4) is 0 Å². The Morgan fingerprint density at radius 1 is 1.24 bits per heavy atom. The first-order chi connectivity index (χ1) is 9.79. The molecular formula is C13H14F3N3O2. The van der Waals surface area contributed by atoms with Crippen LogP contribution in [0.15, 0.2) is 34.9 Å². The van der Waals surface area contributed by atoms with Gasteiger partial charge >= 0.3 is 6.18 Å². The van der Waals surface area contributed by atoms with Crippen molar-refractivity contribution in [2.75, 3.05) is 6.61 Å². The Morgan fingerprint density at radius 2 is 1.90 bits per heavy atom. The Bertz CT molecular complexity index is 582. The average Bonchev–Trinajstić information content (AvgIpc) is 2.88. The molecule has 0 saturated heterocycles. The van der Waals surface area contributed by atoms with Crippen molar-refractivity contribution in [1.82, 2.24) is 10.1 Å². The maximum absolute atomic E-state index is 12.0. The summed E-state index contributed by atoms with van der Waals surface area (Å²) in [6.45, 7) is -0.0838. The first kappa shape index (κ1) is 15.5. The number of benzene rings is 1. The van der Waals surface area contributed by atoms with Crippen molar-refractivity contribution in [3.8, 4) is 0 Å². The average molecular weight is 301 g/mol. The fourth-order valence-corrected chi connectivity index (χ4v) is 1.69. The van der Waals surface area contributed by atoms with E-state index in [0.717, 1.165) is 5.56 Å². The normalized spacial score (nSPS) is 14.9. The molecule has 21 heavy (non-hydrogen) atoms. The van der Waals surface area contributed by atoms with E-state index in [1.165, 1.54) is 0 Å². The zero-order chi connectivity index (χ0) is 15.5. The van der Waals surface area contributed by atoms with Gasteiger partial charge in [-0.15, -0.1) is 0 Å². The molecule has 0 amide bonds. The Labute approximate surface area is 118 Å². The number of hydrogen-bond acceptors (Lipinski definition) is 5. The summed E-state index contributed by atoms with van der Waals surface area (Å²) in [6.07, 6.45) is -4.39. The Morgan fingerprint density at radius 3 is 2.52 bits per heavy atom. The minimum absolute atomic E-state index is 0.0156. The van der Waals surface area contributed by atoms with E-state index in [2.05, 4.69) is 14.9 Å². The van der Waals surface area contributed by atoms with E-state index < -0.39 is 24.9 Å². The Hall–Kier alpha value is -1.93. The fraction of sp³-hybridized carbons (Fsp3) is 0.385. The maximum Gasteiger partial charge on any atom is 0.411 e. The van der Waals surface area contributed by atoms with E-state index in [1.54, 1.807) is 19.1 Å². The standard InChI is InChI=1S/C13H14F3N3O2/c1-12(17,9-5-3-2-4-6-9)11-18-10(19-21-11)7-20-8-13(14,15)16/h2-6H,7-8,17H2,1H3. The number of halogens is 3.